The molecule has 0 heterocycles. The second kappa shape index (κ2) is 6.81. The summed E-state index contributed by atoms with van der Waals surface area (Å²) < 4.78 is 77.1. The summed E-state index contributed by atoms with van der Waals surface area (Å²) in [5.74, 6) is -0.226. The summed E-state index contributed by atoms with van der Waals surface area (Å²) >= 11 is 0. The Labute approximate surface area is 97.7 Å². The molecule has 0 unspecified atom stereocenters. The molecule has 0 aliphatic rings. The van der Waals surface area contributed by atoms with Crippen LogP contribution in [0.15, 0.2) is 12.7 Å². The Morgan fingerprint density at radius 3 is 1.60 bits per heavy atom. The molecule has 11 heteroatoms. The molecule has 0 saturated carbocycles. The topological polar surface area (TPSA) is 54.4 Å². The quantitative estimate of drug-likeness (QED) is 0.267. The third-order valence-corrected chi connectivity index (χ3v) is 1.33. The zero-order valence-corrected chi connectivity index (χ0v) is 9.42. The summed E-state index contributed by atoms with van der Waals surface area (Å²) in [4.78, 5) is 0. The van der Waals surface area contributed by atoms with Crippen molar-refractivity contribution in [3.05, 3.63) is 12.7 Å². The largest absolute Gasteiger partial charge is 1.00 e. The second-order valence-electron chi connectivity index (χ2n) is 2.00. The van der Waals surface area contributed by atoms with Crippen LogP contribution in [0.4, 0.5) is 21.0 Å². The molecule has 3 nitrogen and oxygen atoms in total. The molecule has 0 aromatic rings. The van der Waals surface area contributed by atoms with Crippen molar-refractivity contribution >= 4 is 18.3 Å². The number of rotatable bonds is 3. The molecule has 1 N–H and O–H groups in total. The van der Waals surface area contributed by atoms with Crippen molar-refractivity contribution < 1.29 is 54.2 Å². The molecule has 0 fully saturated rings. The van der Waals surface area contributed by atoms with Crippen molar-refractivity contribution in [2.75, 3.05) is 5.75 Å². The maximum atomic E-state index is 9.90. The molecule has 0 atom stereocenters. The first-order valence-corrected chi connectivity index (χ1v) is 6.27. The summed E-state index contributed by atoms with van der Waals surface area (Å²) in [6, 6.07) is 0. The van der Waals surface area contributed by atoms with E-state index in [1.165, 1.54) is 6.08 Å². The third kappa shape index (κ3) is 76.7. The van der Waals surface area contributed by atoms with Gasteiger partial charge in [-0.05, 0) is 6.42 Å². The Balaban J connectivity index is -0.0000000825. The molecule has 0 amide bonds. The van der Waals surface area contributed by atoms with Gasteiger partial charge in [0.05, 0.1) is 5.75 Å². The molecular weight excluding hydrogens is 261 g/mol. The molecule has 0 aromatic heterocycles. The van der Waals surface area contributed by atoms with Crippen LogP contribution in [-0.4, -0.2) is 18.7 Å². The van der Waals surface area contributed by atoms with Crippen molar-refractivity contribution in [3.8, 4) is 0 Å². The van der Waals surface area contributed by atoms with E-state index in [4.69, 9.17) is 4.55 Å². The van der Waals surface area contributed by atoms with E-state index in [0.29, 0.717) is 6.42 Å². The average Bonchev–Trinajstić information content (AvgIpc) is 1.75. The van der Waals surface area contributed by atoms with E-state index in [2.05, 4.69) is 6.58 Å². The van der Waals surface area contributed by atoms with Gasteiger partial charge in [-0.25, -0.2) is 0 Å². The first-order chi connectivity index (χ1) is 5.80. The van der Waals surface area contributed by atoms with E-state index < -0.39 is 18.3 Å². The molecule has 0 radical (unpaired) electrons. The van der Waals surface area contributed by atoms with Crippen LogP contribution in [0.5, 0.6) is 0 Å². The molecular formula is C4H9F5LiO3PS. The molecule has 0 bridgehead atoms. The fourth-order valence-corrected chi connectivity index (χ4v) is 0.697. The zero-order valence-electron chi connectivity index (χ0n) is 8.71. The molecule has 0 aromatic carbocycles. The van der Waals surface area contributed by atoms with Gasteiger partial charge in [-0.3, -0.25) is 4.55 Å². The van der Waals surface area contributed by atoms with Crippen LogP contribution in [0.2, 0.25) is 0 Å². The fraction of sp³-hybridized carbons (Fsp3) is 0.500. The average molecular weight is 270 g/mol. The van der Waals surface area contributed by atoms with Gasteiger partial charge in [0, 0.05) is 0 Å². The van der Waals surface area contributed by atoms with Crippen LogP contribution in [0.3, 0.4) is 0 Å². The zero-order chi connectivity index (χ0) is 12.1. The van der Waals surface area contributed by atoms with Crippen LogP contribution in [0, 0.1) is 0 Å². The second-order valence-corrected chi connectivity index (χ2v) is 4.85. The normalized spacial score (nSPS) is 13.6. The van der Waals surface area contributed by atoms with E-state index in [1.807, 2.05) is 0 Å². The van der Waals surface area contributed by atoms with Gasteiger partial charge in [-0.1, -0.05) is 6.08 Å². The Kier molecular flexibility index (Phi) is 9.40. The monoisotopic (exact) mass is 270 g/mol. The van der Waals surface area contributed by atoms with Crippen LogP contribution in [-0.2, 0) is 10.1 Å². The number of halogens is 5. The molecule has 15 heavy (non-hydrogen) atoms. The maximum Gasteiger partial charge on any atom is 1.00 e. The SMILES string of the molecule is C=CCCS(=O)(=O)O.FP(F)(F)(F)F.[H-].[Li+]. The molecule has 90 valence electrons. The minimum Gasteiger partial charge on any atom is -1.00 e. The van der Waals surface area contributed by atoms with Crippen molar-refractivity contribution in [1.29, 1.82) is 0 Å². The van der Waals surface area contributed by atoms with Crippen molar-refractivity contribution in [3.63, 3.8) is 0 Å². The van der Waals surface area contributed by atoms with Gasteiger partial charge in [-0.2, -0.15) is 8.42 Å². The summed E-state index contributed by atoms with van der Waals surface area (Å²) in [5, 5.41) is 0. The first kappa shape index (κ1) is 20.7. The Hall–Kier alpha value is 0.327. The van der Waals surface area contributed by atoms with Gasteiger partial charge in [0.25, 0.3) is 10.1 Å². The van der Waals surface area contributed by atoms with E-state index in [-0.39, 0.29) is 26.0 Å². The van der Waals surface area contributed by atoms with Crippen molar-refractivity contribution in [2.24, 2.45) is 0 Å². The smallest absolute Gasteiger partial charge is 1.00 e. The predicted octanol–water partition coefficient (Wildman–Crippen LogP) is 0.529. The van der Waals surface area contributed by atoms with Crippen LogP contribution < -0.4 is 18.9 Å². The minimum absolute atomic E-state index is 0. The molecule has 0 spiro atoms. The van der Waals surface area contributed by atoms with E-state index >= 15 is 0 Å². The fourth-order valence-electron chi connectivity index (χ4n) is 0.232. The van der Waals surface area contributed by atoms with E-state index in [9.17, 15) is 29.4 Å². The van der Waals surface area contributed by atoms with Crippen molar-refractivity contribution in [2.45, 2.75) is 6.42 Å². The van der Waals surface area contributed by atoms with E-state index in [0.717, 1.165) is 0 Å². The summed E-state index contributed by atoms with van der Waals surface area (Å²) in [7, 11) is -12.3. The predicted molar refractivity (Wildman–Crippen MR) is 44.8 cm³/mol. The maximum absolute atomic E-state index is 9.90. The van der Waals surface area contributed by atoms with Crippen LogP contribution in [0.1, 0.15) is 7.85 Å². The number of hydrogen-bond acceptors (Lipinski definition) is 2. The third-order valence-electron chi connectivity index (χ3n) is 0.580. The first-order valence-electron chi connectivity index (χ1n) is 2.97. The summed E-state index contributed by atoms with van der Waals surface area (Å²) in [6.07, 6.45) is 1.74. The standard InChI is InChI=1S/C4H8O3S.F5P.Li.H/c1-2-3-4-8(5,6)7;1-6(2,3,4)5;;/h2H,1,3-4H2,(H,5,6,7);;;/q;;+1;-1. The summed E-state index contributed by atoms with van der Waals surface area (Å²) in [6.45, 7) is 3.29. The number of hydrogen-bond donors (Lipinski definition) is 1. The van der Waals surface area contributed by atoms with Crippen molar-refractivity contribution in [1.82, 2.24) is 0 Å². The van der Waals surface area contributed by atoms with Gasteiger partial charge < -0.3 is 1.43 Å². The van der Waals surface area contributed by atoms with Gasteiger partial charge >= 0.3 is 48.0 Å². The summed E-state index contributed by atoms with van der Waals surface area (Å²) in [5.41, 5.74) is 0. The Morgan fingerprint density at radius 2 is 1.53 bits per heavy atom. The number of allylic oxidation sites excluding steroid dienone is 1. The van der Waals surface area contributed by atoms with Gasteiger partial charge in [-0.15, -0.1) is 6.58 Å². The minimum atomic E-state index is -8.55. The Morgan fingerprint density at radius 1 is 1.27 bits per heavy atom. The molecule has 0 aliphatic heterocycles. The van der Waals surface area contributed by atoms with Gasteiger partial charge in [0.2, 0.25) is 0 Å². The van der Waals surface area contributed by atoms with Crippen LogP contribution >= 0.6 is 8.16 Å². The van der Waals surface area contributed by atoms with Gasteiger partial charge in [0.15, 0.2) is 0 Å². The van der Waals surface area contributed by atoms with Crippen LogP contribution in [0.25, 0.3) is 0 Å². The molecule has 0 rings (SSSR count). The molecule has 0 saturated heterocycles. The molecule has 0 aliphatic carbocycles. The van der Waals surface area contributed by atoms with E-state index in [1.54, 1.807) is 0 Å². The Bertz CT molecular complexity index is 273. The van der Waals surface area contributed by atoms with Gasteiger partial charge in [0.1, 0.15) is 0 Å².